The minimum absolute atomic E-state index is 0.0625. The molecule has 0 aliphatic rings. The van der Waals surface area contributed by atoms with Gasteiger partial charge in [0.15, 0.2) is 16.9 Å². The molecule has 0 spiro atoms. The van der Waals surface area contributed by atoms with Crippen molar-refractivity contribution in [2.45, 2.75) is 0 Å². The Morgan fingerprint density at radius 1 is 1.10 bits per heavy atom. The number of aromatic hydroxyl groups is 1. The molecule has 1 amide bonds. The number of nitrogens with zero attached hydrogens (tertiary/aromatic N) is 6. The number of aromatic amines is 3. The van der Waals surface area contributed by atoms with Crippen LogP contribution in [0, 0.1) is 0 Å². The smallest absolute Gasteiger partial charge is 0.327 e. The SMILES string of the molecule is CN(C)C=O.O=c1[nH]c(=O)c2nnc(N=Nc3c(O)[nH]c4c(Cl)cc(Cl)cc34)nc2[nH]1. The number of rotatable bonds is 3. The topological polar surface area (TPSA) is 185 Å². The molecule has 0 aliphatic carbocycles. The Morgan fingerprint density at radius 2 is 1.81 bits per heavy atom. The van der Waals surface area contributed by atoms with Crippen LogP contribution in [0.4, 0.5) is 11.6 Å². The van der Waals surface area contributed by atoms with Crippen molar-refractivity contribution >= 4 is 63.3 Å². The Labute approximate surface area is 181 Å². The molecule has 0 radical (unpaired) electrons. The highest BCUT2D eigenvalue weighted by Crippen LogP contribution is 2.40. The first kappa shape index (κ1) is 21.9. The van der Waals surface area contributed by atoms with Gasteiger partial charge in [-0.3, -0.25) is 19.6 Å². The molecule has 0 saturated carbocycles. The largest absolute Gasteiger partial charge is 0.493 e. The van der Waals surface area contributed by atoms with Crippen molar-refractivity contribution in [2.75, 3.05) is 14.1 Å². The molecule has 4 rings (SSSR count). The molecule has 0 bridgehead atoms. The van der Waals surface area contributed by atoms with Gasteiger partial charge in [0.1, 0.15) is 0 Å². The van der Waals surface area contributed by atoms with Crippen LogP contribution in [0.3, 0.4) is 0 Å². The van der Waals surface area contributed by atoms with Crippen molar-refractivity contribution in [3.05, 3.63) is 43.0 Å². The molecule has 31 heavy (non-hydrogen) atoms. The highest BCUT2D eigenvalue weighted by atomic mass is 35.5. The quantitative estimate of drug-likeness (QED) is 0.263. The maximum Gasteiger partial charge on any atom is 0.327 e. The van der Waals surface area contributed by atoms with E-state index >= 15 is 0 Å². The second-order valence-corrected chi connectivity index (χ2v) is 6.96. The van der Waals surface area contributed by atoms with Crippen LogP contribution < -0.4 is 11.2 Å². The summed E-state index contributed by atoms with van der Waals surface area (Å²) in [6.07, 6.45) is 0.750. The molecule has 0 fully saturated rings. The third-order valence-corrected chi connectivity index (χ3v) is 4.09. The zero-order valence-electron chi connectivity index (χ0n) is 15.8. The highest BCUT2D eigenvalue weighted by molar-refractivity contribution is 6.38. The molecular weight excluding hydrogens is 453 g/mol. The molecular formula is C16H13Cl2N9O4. The van der Waals surface area contributed by atoms with Gasteiger partial charge in [-0.05, 0) is 12.1 Å². The Morgan fingerprint density at radius 3 is 2.48 bits per heavy atom. The number of fused-ring (bicyclic) bond motifs is 2. The molecule has 0 aliphatic heterocycles. The standard InChI is InChI=1S/C13H6Cl2N8O3.C3H7NO/c14-3-1-4-6(5(15)2-3)16-10(24)7(4)20-22-12-17-9-8(21-23-12)11(25)19-13(26)18-9;1-4(2)3-5/h1-2,16,24H,(H2,17,18,19,23,25,26);3H,1-2H3. The number of aromatic nitrogens is 6. The van der Waals surface area contributed by atoms with E-state index in [1.54, 1.807) is 20.2 Å². The van der Waals surface area contributed by atoms with E-state index in [2.05, 4.69) is 35.4 Å². The Kier molecular flexibility index (Phi) is 6.27. The first-order valence-corrected chi connectivity index (χ1v) is 9.05. The van der Waals surface area contributed by atoms with E-state index in [9.17, 15) is 19.5 Å². The number of amides is 1. The fraction of sp³-hybridized carbons (Fsp3) is 0.125. The summed E-state index contributed by atoms with van der Waals surface area (Å²) < 4.78 is 0. The number of carbonyl (C=O) groups is 1. The summed E-state index contributed by atoms with van der Waals surface area (Å²) >= 11 is 12.0. The van der Waals surface area contributed by atoms with Crippen LogP contribution in [-0.2, 0) is 4.79 Å². The Hall–Kier alpha value is -3.84. The minimum atomic E-state index is -0.746. The van der Waals surface area contributed by atoms with Crippen LogP contribution in [0.25, 0.3) is 22.1 Å². The van der Waals surface area contributed by atoms with Gasteiger partial charge in [-0.15, -0.1) is 20.4 Å². The molecule has 15 heteroatoms. The van der Waals surface area contributed by atoms with Gasteiger partial charge in [-0.2, -0.15) is 4.98 Å². The fourth-order valence-corrected chi connectivity index (χ4v) is 2.83. The lowest BCUT2D eigenvalue weighted by molar-refractivity contribution is -0.115. The van der Waals surface area contributed by atoms with E-state index in [1.807, 2.05) is 4.98 Å². The van der Waals surface area contributed by atoms with Crippen LogP contribution in [0.15, 0.2) is 32.0 Å². The van der Waals surface area contributed by atoms with Crippen LogP contribution >= 0.6 is 23.2 Å². The lowest BCUT2D eigenvalue weighted by atomic mass is 10.2. The second-order valence-electron chi connectivity index (χ2n) is 6.12. The van der Waals surface area contributed by atoms with Gasteiger partial charge in [-0.25, -0.2) is 4.79 Å². The number of benzene rings is 1. The maximum atomic E-state index is 11.6. The summed E-state index contributed by atoms with van der Waals surface area (Å²) in [6.45, 7) is 0. The maximum absolute atomic E-state index is 11.6. The fourth-order valence-electron chi connectivity index (χ4n) is 2.29. The lowest BCUT2D eigenvalue weighted by Gasteiger charge is -1.96. The van der Waals surface area contributed by atoms with Gasteiger partial charge in [-0.1, -0.05) is 23.2 Å². The third kappa shape index (κ3) is 4.84. The van der Waals surface area contributed by atoms with Gasteiger partial charge >= 0.3 is 5.69 Å². The van der Waals surface area contributed by atoms with E-state index in [4.69, 9.17) is 23.2 Å². The average molecular weight is 466 g/mol. The van der Waals surface area contributed by atoms with Crippen molar-refractivity contribution in [2.24, 2.45) is 10.2 Å². The summed E-state index contributed by atoms with van der Waals surface area (Å²) in [5, 5.41) is 26.0. The first-order valence-electron chi connectivity index (χ1n) is 8.29. The summed E-state index contributed by atoms with van der Waals surface area (Å²) in [5.41, 5.74) is -1.24. The summed E-state index contributed by atoms with van der Waals surface area (Å²) in [5.74, 6) is -0.521. The Balaban J connectivity index is 0.000000491. The van der Waals surface area contributed by atoms with Crippen molar-refractivity contribution in [3.8, 4) is 5.88 Å². The molecule has 0 atom stereocenters. The zero-order valence-corrected chi connectivity index (χ0v) is 17.4. The number of hydrogen-bond donors (Lipinski definition) is 4. The van der Waals surface area contributed by atoms with E-state index in [0.29, 0.717) is 20.9 Å². The monoisotopic (exact) mass is 465 g/mol. The molecule has 1 aromatic carbocycles. The van der Waals surface area contributed by atoms with Crippen LogP contribution in [0.1, 0.15) is 0 Å². The molecule has 13 nitrogen and oxygen atoms in total. The normalized spacial score (nSPS) is 11.0. The van der Waals surface area contributed by atoms with E-state index in [1.165, 1.54) is 11.0 Å². The van der Waals surface area contributed by atoms with Crippen LogP contribution in [-0.4, -0.2) is 60.6 Å². The van der Waals surface area contributed by atoms with Crippen molar-refractivity contribution in [1.29, 1.82) is 0 Å². The third-order valence-electron chi connectivity index (χ3n) is 3.58. The predicted octanol–water partition coefficient (Wildman–Crippen LogP) is 2.01. The lowest BCUT2D eigenvalue weighted by Crippen LogP contribution is -2.23. The van der Waals surface area contributed by atoms with Gasteiger partial charge in [0.05, 0.1) is 10.5 Å². The van der Waals surface area contributed by atoms with Crippen molar-refractivity contribution in [3.63, 3.8) is 0 Å². The van der Waals surface area contributed by atoms with Crippen LogP contribution in [0.2, 0.25) is 10.0 Å². The number of halogens is 2. The number of azo groups is 1. The highest BCUT2D eigenvalue weighted by Gasteiger charge is 2.14. The first-order chi connectivity index (χ1) is 14.7. The minimum Gasteiger partial charge on any atom is -0.493 e. The Bertz CT molecular complexity index is 1420. The van der Waals surface area contributed by atoms with Crippen molar-refractivity contribution in [1.82, 2.24) is 35.0 Å². The molecule has 4 aromatic rings. The van der Waals surface area contributed by atoms with Gasteiger partial charge in [0.25, 0.3) is 11.5 Å². The van der Waals surface area contributed by atoms with E-state index < -0.39 is 11.2 Å². The van der Waals surface area contributed by atoms with Gasteiger partial charge < -0.3 is 15.0 Å². The number of carbonyl (C=O) groups excluding carboxylic acids is 1. The molecule has 0 unspecified atom stereocenters. The average Bonchev–Trinajstić information content (AvgIpc) is 3.02. The zero-order chi connectivity index (χ0) is 22.7. The number of nitrogens with one attached hydrogen (secondary N) is 3. The molecule has 4 N–H and O–H groups in total. The summed E-state index contributed by atoms with van der Waals surface area (Å²) in [7, 11) is 3.38. The molecule has 3 aromatic heterocycles. The van der Waals surface area contributed by atoms with Crippen LogP contribution in [0.5, 0.6) is 5.88 Å². The number of hydrogen-bond acceptors (Lipinski definition) is 9. The second kappa shape index (κ2) is 8.89. The van der Waals surface area contributed by atoms with E-state index in [0.717, 1.165) is 6.41 Å². The van der Waals surface area contributed by atoms with Gasteiger partial charge in [0.2, 0.25) is 12.3 Å². The van der Waals surface area contributed by atoms with E-state index in [-0.39, 0.29) is 28.7 Å². The molecule has 3 heterocycles. The van der Waals surface area contributed by atoms with Gasteiger partial charge in [0, 0.05) is 24.5 Å². The predicted molar refractivity (Wildman–Crippen MR) is 112 cm³/mol. The molecule has 160 valence electrons. The number of H-pyrrole nitrogens is 3. The summed E-state index contributed by atoms with van der Waals surface area (Å²) in [6, 6.07) is 3.05. The van der Waals surface area contributed by atoms with Crippen molar-refractivity contribution < 1.29 is 9.90 Å². The molecule has 0 saturated heterocycles. The summed E-state index contributed by atoms with van der Waals surface area (Å²) in [4.78, 5) is 44.6.